The van der Waals surface area contributed by atoms with Crippen molar-refractivity contribution in [2.75, 3.05) is 13.2 Å². The highest BCUT2D eigenvalue weighted by Crippen LogP contribution is 2.05. The Kier molecular flexibility index (Phi) is 10.2. The Morgan fingerprint density at radius 1 is 1.12 bits per heavy atom. The van der Waals surface area contributed by atoms with Crippen LogP contribution in [0.4, 0.5) is 0 Å². The van der Waals surface area contributed by atoms with E-state index < -0.39 is 0 Å². The van der Waals surface area contributed by atoms with Crippen molar-refractivity contribution in [1.82, 2.24) is 0 Å². The molecule has 0 saturated heterocycles. The fourth-order valence-electron chi connectivity index (χ4n) is 1.40. The van der Waals surface area contributed by atoms with E-state index in [-0.39, 0.29) is 12.1 Å². The van der Waals surface area contributed by atoms with Crippen molar-refractivity contribution in [2.24, 2.45) is 5.92 Å². The summed E-state index contributed by atoms with van der Waals surface area (Å²) in [4.78, 5) is 11.4. The Morgan fingerprint density at radius 3 is 2.41 bits per heavy atom. The molecule has 0 radical (unpaired) electrons. The number of ether oxygens (including phenoxy) is 2. The van der Waals surface area contributed by atoms with Gasteiger partial charge in [-0.25, -0.2) is 0 Å². The maximum Gasteiger partial charge on any atom is 0.308 e. The minimum Gasteiger partial charge on any atom is -0.466 e. The van der Waals surface area contributed by atoms with Gasteiger partial charge in [-0.2, -0.15) is 0 Å². The molecule has 0 aliphatic carbocycles. The Bertz CT molecular complexity index is 190. The first-order valence-electron chi connectivity index (χ1n) is 6.83. The monoisotopic (exact) mass is 244 g/mol. The number of rotatable bonds is 10. The summed E-state index contributed by atoms with van der Waals surface area (Å²) in [5, 5.41) is 0. The highest BCUT2D eigenvalue weighted by molar-refractivity contribution is 5.69. The second kappa shape index (κ2) is 10.6. The van der Waals surface area contributed by atoms with E-state index in [2.05, 4.69) is 20.8 Å². The number of hydrogen-bond donors (Lipinski definition) is 0. The Morgan fingerprint density at radius 2 is 1.82 bits per heavy atom. The summed E-state index contributed by atoms with van der Waals surface area (Å²) in [5.41, 5.74) is 0. The standard InChI is InChI=1S/C14H28O3/c1-5-6-7-9-17-14(15)11-13(4)16-10-8-12(2)3/h12-13H,5-11H2,1-4H3. The molecule has 3 nitrogen and oxygen atoms in total. The predicted octanol–water partition coefficient (Wildman–Crippen LogP) is 3.56. The fourth-order valence-corrected chi connectivity index (χ4v) is 1.40. The lowest BCUT2D eigenvalue weighted by molar-refractivity contribution is -0.146. The van der Waals surface area contributed by atoms with Crippen LogP contribution in [0.15, 0.2) is 0 Å². The van der Waals surface area contributed by atoms with Crippen LogP contribution in [0.5, 0.6) is 0 Å². The predicted molar refractivity (Wildman–Crippen MR) is 70.0 cm³/mol. The van der Waals surface area contributed by atoms with Crippen LogP contribution in [0.2, 0.25) is 0 Å². The van der Waals surface area contributed by atoms with E-state index in [0.29, 0.717) is 18.9 Å². The minimum atomic E-state index is -0.141. The van der Waals surface area contributed by atoms with Gasteiger partial charge in [-0.3, -0.25) is 4.79 Å². The minimum absolute atomic E-state index is 0.0348. The second-order valence-corrected chi connectivity index (χ2v) is 5.00. The molecule has 102 valence electrons. The molecule has 0 spiro atoms. The summed E-state index contributed by atoms with van der Waals surface area (Å²) in [7, 11) is 0. The maximum atomic E-state index is 11.4. The van der Waals surface area contributed by atoms with Crippen LogP contribution in [0.3, 0.4) is 0 Å². The normalized spacial score (nSPS) is 12.8. The Balaban J connectivity index is 3.45. The molecule has 0 amide bonds. The van der Waals surface area contributed by atoms with Crippen LogP contribution in [0, 0.1) is 5.92 Å². The molecule has 0 aliphatic heterocycles. The van der Waals surface area contributed by atoms with E-state index in [0.717, 1.165) is 32.3 Å². The van der Waals surface area contributed by atoms with E-state index >= 15 is 0 Å². The number of esters is 1. The fraction of sp³-hybridized carbons (Fsp3) is 0.929. The van der Waals surface area contributed by atoms with Crippen LogP contribution in [0.1, 0.15) is 59.8 Å². The summed E-state index contributed by atoms with van der Waals surface area (Å²) in [6.07, 6.45) is 4.60. The average molecular weight is 244 g/mol. The van der Waals surface area contributed by atoms with Gasteiger partial charge in [0.05, 0.1) is 19.1 Å². The van der Waals surface area contributed by atoms with Gasteiger partial charge in [-0.1, -0.05) is 33.6 Å². The number of unbranched alkanes of at least 4 members (excludes halogenated alkanes) is 2. The molecule has 0 N–H and O–H groups in total. The molecular formula is C14H28O3. The molecule has 0 saturated carbocycles. The van der Waals surface area contributed by atoms with Gasteiger partial charge in [0, 0.05) is 6.61 Å². The third-order valence-corrected chi connectivity index (χ3v) is 2.56. The van der Waals surface area contributed by atoms with Gasteiger partial charge < -0.3 is 9.47 Å². The first kappa shape index (κ1) is 16.4. The van der Waals surface area contributed by atoms with Gasteiger partial charge in [0.2, 0.25) is 0 Å². The summed E-state index contributed by atoms with van der Waals surface area (Å²) in [6.45, 7) is 9.65. The molecule has 0 bridgehead atoms. The molecule has 1 unspecified atom stereocenters. The van der Waals surface area contributed by atoms with Gasteiger partial charge in [0.15, 0.2) is 0 Å². The molecule has 0 fully saturated rings. The molecular weight excluding hydrogens is 216 g/mol. The van der Waals surface area contributed by atoms with Crippen LogP contribution in [-0.2, 0) is 14.3 Å². The van der Waals surface area contributed by atoms with Crippen LogP contribution in [0.25, 0.3) is 0 Å². The van der Waals surface area contributed by atoms with Crippen LogP contribution in [-0.4, -0.2) is 25.3 Å². The quantitative estimate of drug-likeness (QED) is 0.435. The zero-order chi connectivity index (χ0) is 13.1. The maximum absolute atomic E-state index is 11.4. The molecule has 0 aromatic carbocycles. The lowest BCUT2D eigenvalue weighted by Crippen LogP contribution is -2.17. The van der Waals surface area contributed by atoms with Gasteiger partial charge in [0.1, 0.15) is 0 Å². The molecule has 3 heteroatoms. The lowest BCUT2D eigenvalue weighted by atomic mass is 10.1. The molecule has 1 atom stereocenters. The third-order valence-electron chi connectivity index (χ3n) is 2.56. The zero-order valence-corrected chi connectivity index (χ0v) is 11.8. The van der Waals surface area contributed by atoms with E-state index in [9.17, 15) is 4.79 Å². The highest BCUT2D eigenvalue weighted by Gasteiger charge is 2.10. The lowest BCUT2D eigenvalue weighted by Gasteiger charge is -2.13. The Labute approximate surface area is 106 Å². The number of carbonyl (C=O) groups is 1. The van der Waals surface area contributed by atoms with Crippen LogP contribution >= 0.6 is 0 Å². The Hall–Kier alpha value is -0.570. The molecule has 0 heterocycles. The molecule has 0 aliphatic rings. The third kappa shape index (κ3) is 11.7. The number of hydrogen-bond acceptors (Lipinski definition) is 3. The van der Waals surface area contributed by atoms with E-state index in [1.165, 1.54) is 0 Å². The first-order valence-corrected chi connectivity index (χ1v) is 6.83. The SMILES string of the molecule is CCCCCOC(=O)CC(C)OCCC(C)C. The van der Waals surface area contributed by atoms with Gasteiger partial charge in [0.25, 0.3) is 0 Å². The number of carbonyl (C=O) groups excluding carboxylic acids is 1. The summed E-state index contributed by atoms with van der Waals surface area (Å²) in [5.74, 6) is 0.501. The van der Waals surface area contributed by atoms with Gasteiger partial charge >= 0.3 is 5.97 Å². The molecule has 0 aromatic rings. The van der Waals surface area contributed by atoms with E-state index in [1.807, 2.05) is 6.92 Å². The van der Waals surface area contributed by atoms with E-state index in [4.69, 9.17) is 9.47 Å². The van der Waals surface area contributed by atoms with E-state index in [1.54, 1.807) is 0 Å². The van der Waals surface area contributed by atoms with Gasteiger partial charge in [-0.05, 0) is 25.7 Å². The average Bonchev–Trinajstić information content (AvgIpc) is 2.23. The topological polar surface area (TPSA) is 35.5 Å². The van der Waals surface area contributed by atoms with Crippen LogP contribution < -0.4 is 0 Å². The van der Waals surface area contributed by atoms with Crippen molar-refractivity contribution >= 4 is 5.97 Å². The van der Waals surface area contributed by atoms with Crippen molar-refractivity contribution < 1.29 is 14.3 Å². The smallest absolute Gasteiger partial charge is 0.308 e. The largest absolute Gasteiger partial charge is 0.466 e. The molecule has 0 rings (SSSR count). The first-order chi connectivity index (χ1) is 8.06. The second-order valence-electron chi connectivity index (χ2n) is 5.00. The van der Waals surface area contributed by atoms with Crippen molar-refractivity contribution in [2.45, 2.75) is 65.9 Å². The van der Waals surface area contributed by atoms with Crippen molar-refractivity contribution in [3.05, 3.63) is 0 Å². The van der Waals surface area contributed by atoms with Crippen molar-refractivity contribution in [1.29, 1.82) is 0 Å². The molecule has 17 heavy (non-hydrogen) atoms. The summed E-state index contributed by atoms with van der Waals surface area (Å²) >= 11 is 0. The summed E-state index contributed by atoms with van der Waals surface area (Å²) < 4.78 is 10.7. The molecule has 0 aromatic heterocycles. The van der Waals surface area contributed by atoms with Gasteiger partial charge in [-0.15, -0.1) is 0 Å². The summed E-state index contributed by atoms with van der Waals surface area (Å²) in [6, 6.07) is 0. The highest BCUT2D eigenvalue weighted by atomic mass is 16.5. The van der Waals surface area contributed by atoms with Crippen molar-refractivity contribution in [3.8, 4) is 0 Å². The zero-order valence-electron chi connectivity index (χ0n) is 11.8. The van der Waals surface area contributed by atoms with Crippen molar-refractivity contribution in [3.63, 3.8) is 0 Å².